The zero-order valence-corrected chi connectivity index (χ0v) is 15.6. The van der Waals surface area contributed by atoms with Crippen molar-refractivity contribution in [2.24, 2.45) is 5.92 Å². The lowest BCUT2D eigenvalue weighted by molar-refractivity contribution is -0.132. The van der Waals surface area contributed by atoms with Gasteiger partial charge in [-0.15, -0.1) is 0 Å². The molecule has 0 unspecified atom stereocenters. The van der Waals surface area contributed by atoms with E-state index in [0.717, 1.165) is 37.1 Å². The fraction of sp³-hybridized carbons (Fsp3) is 0.611. The van der Waals surface area contributed by atoms with Gasteiger partial charge in [-0.25, -0.2) is 13.1 Å². The molecule has 1 amide bonds. The second-order valence-electron chi connectivity index (χ2n) is 7.08. The number of rotatable bonds is 7. The van der Waals surface area contributed by atoms with Gasteiger partial charge in [-0.1, -0.05) is 43.7 Å². The normalized spacial score (nSPS) is 16.6. The fourth-order valence-corrected chi connectivity index (χ4v) is 4.34. The molecule has 1 atom stereocenters. The maximum absolute atomic E-state index is 12.7. The Morgan fingerprint density at radius 3 is 2.29 bits per heavy atom. The van der Waals surface area contributed by atoms with Crippen molar-refractivity contribution in [2.45, 2.75) is 51.8 Å². The molecule has 6 heteroatoms. The third-order valence-electron chi connectivity index (χ3n) is 4.22. The summed E-state index contributed by atoms with van der Waals surface area (Å²) in [6.45, 7) is 7.42. The van der Waals surface area contributed by atoms with Crippen LogP contribution < -0.4 is 4.72 Å². The molecule has 0 radical (unpaired) electrons. The molecule has 24 heavy (non-hydrogen) atoms. The van der Waals surface area contributed by atoms with E-state index < -0.39 is 16.1 Å². The van der Waals surface area contributed by atoms with Gasteiger partial charge in [0.2, 0.25) is 15.9 Å². The minimum Gasteiger partial charge on any atom is -0.341 e. The van der Waals surface area contributed by atoms with Crippen molar-refractivity contribution in [1.29, 1.82) is 0 Å². The van der Waals surface area contributed by atoms with E-state index in [0.29, 0.717) is 6.42 Å². The highest BCUT2D eigenvalue weighted by molar-refractivity contribution is 7.88. The molecule has 0 aromatic heterocycles. The van der Waals surface area contributed by atoms with Gasteiger partial charge in [0.1, 0.15) is 6.04 Å². The van der Waals surface area contributed by atoms with E-state index in [9.17, 15) is 13.2 Å². The summed E-state index contributed by atoms with van der Waals surface area (Å²) in [6.07, 6.45) is 2.51. The number of sulfonamides is 1. The molecule has 1 saturated heterocycles. The minimum atomic E-state index is -3.56. The first-order valence-corrected chi connectivity index (χ1v) is 10.3. The fourth-order valence-electron chi connectivity index (χ4n) is 2.99. The first-order valence-electron chi connectivity index (χ1n) is 8.61. The summed E-state index contributed by atoms with van der Waals surface area (Å²) in [5.41, 5.74) is 1.82. The Morgan fingerprint density at radius 2 is 1.75 bits per heavy atom. The molecule has 1 aliphatic heterocycles. The second-order valence-corrected chi connectivity index (χ2v) is 8.83. The number of carbonyl (C=O) groups is 1. The van der Waals surface area contributed by atoms with Crippen molar-refractivity contribution in [1.82, 2.24) is 9.62 Å². The molecule has 0 aliphatic carbocycles. The van der Waals surface area contributed by atoms with Crippen molar-refractivity contribution in [3.8, 4) is 0 Å². The van der Waals surface area contributed by atoms with Crippen LogP contribution in [0.15, 0.2) is 24.3 Å². The van der Waals surface area contributed by atoms with Crippen molar-refractivity contribution in [3.63, 3.8) is 0 Å². The molecule has 2 rings (SSSR count). The summed E-state index contributed by atoms with van der Waals surface area (Å²) in [5.74, 6) is 0.0483. The van der Waals surface area contributed by atoms with Gasteiger partial charge in [-0.05, 0) is 37.7 Å². The zero-order valence-electron chi connectivity index (χ0n) is 14.8. The minimum absolute atomic E-state index is 0.0892. The molecule has 1 fully saturated rings. The van der Waals surface area contributed by atoms with Crippen LogP contribution in [-0.2, 0) is 20.6 Å². The highest BCUT2D eigenvalue weighted by Gasteiger charge is 2.30. The first-order chi connectivity index (χ1) is 11.3. The standard InChI is InChI=1S/C18H28N2O3S/c1-14(2)12-17(18(21)20-10-4-5-11-20)19-24(22,23)13-16-8-6-15(3)7-9-16/h6-9,14,17,19H,4-5,10-13H2,1-3H3/t17-/m0/s1. The van der Waals surface area contributed by atoms with Crippen LogP contribution in [0.25, 0.3) is 0 Å². The maximum Gasteiger partial charge on any atom is 0.240 e. The number of amides is 1. The van der Waals surface area contributed by atoms with Crippen LogP contribution in [0.1, 0.15) is 44.2 Å². The topological polar surface area (TPSA) is 66.5 Å². The quantitative estimate of drug-likeness (QED) is 0.820. The molecule has 5 nitrogen and oxygen atoms in total. The van der Waals surface area contributed by atoms with E-state index in [1.165, 1.54) is 0 Å². The number of nitrogens with zero attached hydrogens (tertiary/aromatic N) is 1. The molecule has 1 aliphatic rings. The van der Waals surface area contributed by atoms with E-state index >= 15 is 0 Å². The SMILES string of the molecule is Cc1ccc(CS(=O)(=O)N[C@@H](CC(C)C)C(=O)N2CCCC2)cc1. The smallest absolute Gasteiger partial charge is 0.240 e. The van der Waals surface area contributed by atoms with Gasteiger partial charge < -0.3 is 4.90 Å². The molecular formula is C18H28N2O3S. The number of nitrogens with one attached hydrogen (secondary N) is 1. The van der Waals surface area contributed by atoms with Gasteiger partial charge in [-0.2, -0.15) is 0 Å². The van der Waals surface area contributed by atoms with Crippen LogP contribution in [0.5, 0.6) is 0 Å². The average molecular weight is 353 g/mol. The summed E-state index contributed by atoms with van der Waals surface area (Å²) in [4.78, 5) is 14.4. The Kier molecular flexibility index (Phi) is 6.40. The van der Waals surface area contributed by atoms with Gasteiger partial charge in [0.15, 0.2) is 0 Å². The van der Waals surface area contributed by atoms with Gasteiger partial charge in [0.05, 0.1) is 5.75 Å². The summed E-state index contributed by atoms with van der Waals surface area (Å²) in [7, 11) is -3.56. The summed E-state index contributed by atoms with van der Waals surface area (Å²) in [5, 5.41) is 0. The first kappa shape index (κ1) is 18.9. The van der Waals surface area contributed by atoms with Crippen molar-refractivity contribution in [3.05, 3.63) is 35.4 Å². The van der Waals surface area contributed by atoms with E-state index in [1.807, 2.05) is 45.0 Å². The van der Waals surface area contributed by atoms with E-state index in [2.05, 4.69) is 4.72 Å². The van der Waals surface area contributed by atoms with E-state index in [4.69, 9.17) is 0 Å². The van der Waals surface area contributed by atoms with Gasteiger partial charge >= 0.3 is 0 Å². The number of aryl methyl sites for hydroxylation is 1. The maximum atomic E-state index is 12.7. The number of likely N-dealkylation sites (tertiary alicyclic amines) is 1. The summed E-state index contributed by atoms with van der Waals surface area (Å²) < 4.78 is 27.7. The van der Waals surface area contributed by atoms with Crippen molar-refractivity contribution >= 4 is 15.9 Å². The summed E-state index contributed by atoms with van der Waals surface area (Å²) in [6, 6.07) is 6.75. The molecule has 1 aromatic carbocycles. The average Bonchev–Trinajstić information content (AvgIpc) is 3.01. The predicted octanol–water partition coefficient (Wildman–Crippen LogP) is 2.45. The Hall–Kier alpha value is -1.40. The molecule has 134 valence electrons. The lowest BCUT2D eigenvalue weighted by Gasteiger charge is -2.25. The van der Waals surface area contributed by atoms with Gasteiger partial charge in [0.25, 0.3) is 0 Å². The van der Waals surface area contributed by atoms with Crippen LogP contribution in [0.3, 0.4) is 0 Å². The highest BCUT2D eigenvalue weighted by Crippen LogP contribution is 2.15. The summed E-state index contributed by atoms with van der Waals surface area (Å²) >= 11 is 0. The van der Waals surface area contributed by atoms with Crippen LogP contribution in [0.4, 0.5) is 0 Å². The number of hydrogen-bond acceptors (Lipinski definition) is 3. The molecule has 1 N–H and O–H groups in total. The van der Waals surface area contributed by atoms with Gasteiger partial charge in [-0.3, -0.25) is 4.79 Å². The molecular weight excluding hydrogens is 324 g/mol. The molecule has 1 aromatic rings. The Balaban J connectivity index is 2.08. The van der Waals surface area contributed by atoms with Gasteiger partial charge in [0, 0.05) is 13.1 Å². The lowest BCUT2D eigenvalue weighted by atomic mass is 10.0. The highest BCUT2D eigenvalue weighted by atomic mass is 32.2. The third kappa shape index (κ3) is 5.60. The van der Waals surface area contributed by atoms with Crippen LogP contribution in [0, 0.1) is 12.8 Å². The molecule has 0 bridgehead atoms. The predicted molar refractivity (Wildman–Crippen MR) is 96.0 cm³/mol. The van der Waals surface area contributed by atoms with Crippen molar-refractivity contribution in [2.75, 3.05) is 13.1 Å². The molecule has 1 heterocycles. The van der Waals surface area contributed by atoms with E-state index in [1.54, 1.807) is 4.90 Å². The Morgan fingerprint density at radius 1 is 1.17 bits per heavy atom. The Labute approximate surface area is 145 Å². The zero-order chi connectivity index (χ0) is 17.7. The van der Waals surface area contributed by atoms with Crippen LogP contribution in [-0.4, -0.2) is 38.4 Å². The number of carbonyl (C=O) groups excluding carboxylic acids is 1. The second kappa shape index (κ2) is 8.12. The number of benzene rings is 1. The largest absolute Gasteiger partial charge is 0.341 e. The van der Waals surface area contributed by atoms with E-state index in [-0.39, 0.29) is 17.6 Å². The lowest BCUT2D eigenvalue weighted by Crippen LogP contribution is -2.48. The van der Waals surface area contributed by atoms with Crippen LogP contribution in [0.2, 0.25) is 0 Å². The van der Waals surface area contributed by atoms with Crippen molar-refractivity contribution < 1.29 is 13.2 Å². The third-order valence-corrected chi connectivity index (χ3v) is 5.58. The Bertz CT molecular complexity index is 647. The number of hydrogen-bond donors (Lipinski definition) is 1. The monoisotopic (exact) mass is 352 g/mol. The van der Waals surface area contributed by atoms with Crippen LogP contribution >= 0.6 is 0 Å². The molecule has 0 saturated carbocycles. The molecule has 0 spiro atoms.